The van der Waals surface area contributed by atoms with Crippen molar-refractivity contribution in [2.45, 2.75) is 111 Å². The topological polar surface area (TPSA) is 109 Å². The molecule has 3 rings (SSSR count). The monoisotopic (exact) mass is 615 g/mol. The van der Waals surface area contributed by atoms with Crippen LogP contribution in [0.4, 0.5) is 14.4 Å². The molecule has 2 atom stereocenters. The third-order valence-corrected chi connectivity index (χ3v) is 5.90. The second-order valence-corrected chi connectivity index (χ2v) is 13.3. The van der Waals surface area contributed by atoms with E-state index in [9.17, 15) is 14.4 Å². The maximum atomic E-state index is 12.1. The largest absolute Gasteiger partial charge is 0.519 e. The van der Waals surface area contributed by atoms with E-state index in [0.29, 0.717) is 25.7 Å². The standard InChI is InChI=1S/C23H29NO3.C10H18O5.C2H6/c1-22(2,3)27-21(25)24-17-23(19-12-8-5-9-13-19)14-20(23)16-26-15-18-10-6-4-7-11-18;1-9(2,3)14-7(11)13-8(12)15-10(4,5)6;1-2/h4-13,20H,14-17H2,1-3H3,(H,24,25);1-6H3;1-2H3. The molecule has 1 fully saturated rings. The lowest BCUT2D eigenvalue weighted by Gasteiger charge is -2.23. The first-order valence-corrected chi connectivity index (χ1v) is 15.2. The van der Waals surface area contributed by atoms with Gasteiger partial charge in [-0.25, -0.2) is 14.4 Å². The van der Waals surface area contributed by atoms with Crippen LogP contribution in [0.2, 0.25) is 0 Å². The normalized spacial score (nSPS) is 17.4. The van der Waals surface area contributed by atoms with Gasteiger partial charge in [-0.15, -0.1) is 0 Å². The molecule has 9 heteroatoms. The third-order valence-electron chi connectivity index (χ3n) is 5.90. The van der Waals surface area contributed by atoms with Gasteiger partial charge < -0.3 is 29.0 Å². The molecule has 2 aromatic carbocycles. The van der Waals surface area contributed by atoms with Gasteiger partial charge in [-0.3, -0.25) is 0 Å². The highest BCUT2D eigenvalue weighted by Crippen LogP contribution is 2.54. The number of hydrogen-bond acceptors (Lipinski definition) is 8. The molecule has 1 saturated carbocycles. The third kappa shape index (κ3) is 15.8. The van der Waals surface area contributed by atoms with Crippen LogP contribution >= 0.6 is 0 Å². The van der Waals surface area contributed by atoms with Gasteiger partial charge in [0.25, 0.3) is 0 Å². The number of nitrogens with one attached hydrogen (secondary N) is 1. The predicted molar refractivity (Wildman–Crippen MR) is 171 cm³/mol. The fourth-order valence-corrected chi connectivity index (χ4v) is 4.09. The highest BCUT2D eigenvalue weighted by Gasteiger charge is 2.55. The lowest BCUT2D eigenvalue weighted by Crippen LogP contribution is -2.38. The summed E-state index contributed by atoms with van der Waals surface area (Å²) in [4.78, 5) is 34.1. The summed E-state index contributed by atoms with van der Waals surface area (Å²) >= 11 is 0. The van der Waals surface area contributed by atoms with Crippen molar-refractivity contribution in [2.24, 2.45) is 5.92 Å². The van der Waals surface area contributed by atoms with Crippen LogP contribution in [0, 0.1) is 5.92 Å². The molecular formula is C35H53NO8. The molecule has 0 spiro atoms. The minimum absolute atomic E-state index is 0.0746. The highest BCUT2D eigenvalue weighted by molar-refractivity contribution is 5.77. The van der Waals surface area contributed by atoms with Crippen LogP contribution in [0.15, 0.2) is 60.7 Å². The molecule has 44 heavy (non-hydrogen) atoms. The molecule has 1 aliphatic rings. The molecule has 0 heterocycles. The summed E-state index contributed by atoms with van der Waals surface area (Å²) in [6, 6.07) is 20.6. The number of ether oxygens (including phenoxy) is 5. The van der Waals surface area contributed by atoms with Crippen molar-refractivity contribution < 1.29 is 38.1 Å². The van der Waals surface area contributed by atoms with E-state index in [4.69, 9.17) is 18.9 Å². The lowest BCUT2D eigenvalue weighted by molar-refractivity contribution is -0.0294. The number of hydrogen-bond donors (Lipinski definition) is 1. The van der Waals surface area contributed by atoms with E-state index in [1.807, 2.05) is 71.0 Å². The Morgan fingerprint density at radius 2 is 1.18 bits per heavy atom. The number of amides is 1. The van der Waals surface area contributed by atoms with Gasteiger partial charge in [-0.1, -0.05) is 74.5 Å². The molecule has 0 saturated heterocycles. The molecule has 9 nitrogen and oxygen atoms in total. The molecular weight excluding hydrogens is 562 g/mol. The molecule has 1 aliphatic carbocycles. The Bertz CT molecular complexity index is 1120. The van der Waals surface area contributed by atoms with E-state index in [2.05, 4.69) is 34.3 Å². The Kier molecular flexibility index (Phi) is 14.9. The smallest absolute Gasteiger partial charge is 0.444 e. The van der Waals surface area contributed by atoms with Crippen LogP contribution in [0.3, 0.4) is 0 Å². The zero-order chi connectivity index (χ0) is 33.6. The summed E-state index contributed by atoms with van der Waals surface area (Å²) in [5, 5.41) is 2.96. The first-order chi connectivity index (χ1) is 20.4. The minimum Gasteiger partial charge on any atom is -0.444 e. The van der Waals surface area contributed by atoms with E-state index >= 15 is 0 Å². The van der Waals surface area contributed by atoms with E-state index in [1.165, 1.54) is 11.1 Å². The first kappa shape index (κ1) is 38.4. The van der Waals surface area contributed by atoms with Crippen LogP contribution in [0.25, 0.3) is 0 Å². The summed E-state index contributed by atoms with van der Waals surface area (Å²) < 4.78 is 25.2. The average Bonchev–Trinajstić information content (AvgIpc) is 3.61. The second kappa shape index (κ2) is 17.0. The molecule has 0 bridgehead atoms. The molecule has 0 aromatic heterocycles. The number of alkyl carbamates (subject to hydrolysis) is 1. The van der Waals surface area contributed by atoms with E-state index in [-0.39, 0.29) is 11.5 Å². The van der Waals surface area contributed by atoms with Crippen molar-refractivity contribution >= 4 is 18.4 Å². The molecule has 2 aromatic rings. The Morgan fingerprint density at radius 3 is 1.64 bits per heavy atom. The molecule has 2 unspecified atom stereocenters. The van der Waals surface area contributed by atoms with Crippen molar-refractivity contribution in [3.05, 3.63) is 71.8 Å². The SMILES string of the molecule is CC.CC(C)(C)OC(=O)NCC1(c2ccccc2)CC1COCc1ccccc1.CC(C)(C)OC(=O)OC(=O)OC(C)(C)C. The van der Waals surface area contributed by atoms with Crippen molar-refractivity contribution in [3.8, 4) is 0 Å². The van der Waals surface area contributed by atoms with Gasteiger partial charge in [0, 0.05) is 12.0 Å². The van der Waals surface area contributed by atoms with Gasteiger partial charge in [-0.05, 0) is 85.8 Å². The van der Waals surface area contributed by atoms with Gasteiger partial charge in [0.15, 0.2) is 0 Å². The van der Waals surface area contributed by atoms with Crippen LogP contribution in [-0.2, 0) is 35.7 Å². The van der Waals surface area contributed by atoms with Crippen LogP contribution < -0.4 is 5.32 Å². The molecule has 0 radical (unpaired) electrons. The zero-order valence-corrected chi connectivity index (χ0v) is 28.4. The van der Waals surface area contributed by atoms with Gasteiger partial charge >= 0.3 is 18.4 Å². The van der Waals surface area contributed by atoms with E-state index in [1.54, 1.807) is 41.5 Å². The van der Waals surface area contributed by atoms with E-state index in [0.717, 1.165) is 6.42 Å². The Balaban J connectivity index is 0.000000487. The Labute approximate surface area is 263 Å². The molecule has 0 aliphatic heterocycles. The maximum absolute atomic E-state index is 12.1. The summed E-state index contributed by atoms with van der Waals surface area (Å²) in [6.45, 7) is 21.5. The Morgan fingerprint density at radius 1 is 0.727 bits per heavy atom. The molecule has 1 N–H and O–H groups in total. The summed E-state index contributed by atoms with van der Waals surface area (Å²) in [7, 11) is 0. The Hall–Kier alpha value is -3.59. The summed E-state index contributed by atoms with van der Waals surface area (Å²) in [5.41, 5.74) is 0.461. The second-order valence-electron chi connectivity index (χ2n) is 13.3. The number of rotatable bonds is 7. The molecule has 246 valence electrons. The number of carbonyl (C=O) groups is 3. The van der Waals surface area contributed by atoms with Crippen LogP contribution in [0.5, 0.6) is 0 Å². The van der Waals surface area contributed by atoms with Crippen molar-refractivity contribution in [1.29, 1.82) is 0 Å². The minimum atomic E-state index is -1.06. The van der Waals surface area contributed by atoms with Crippen LogP contribution in [0.1, 0.15) is 93.7 Å². The predicted octanol–water partition coefficient (Wildman–Crippen LogP) is 8.59. The highest BCUT2D eigenvalue weighted by atomic mass is 16.8. The lowest BCUT2D eigenvalue weighted by atomic mass is 9.93. The fourth-order valence-electron chi connectivity index (χ4n) is 4.09. The maximum Gasteiger partial charge on any atom is 0.519 e. The first-order valence-electron chi connectivity index (χ1n) is 15.2. The van der Waals surface area contributed by atoms with Gasteiger partial charge in [0.05, 0.1) is 13.2 Å². The summed E-state index contributed by atoms with van der Waals surface area (Å²) in [5.74, 6) is 0.388. The van der Waals surface area contributed by atoms with Gasteiger partial charge in [0.1, 0.15) is 16.8 Å². The zero-order valence-electron chi connectivity index (χ0n) is 28.4. The van der Waals surface area contributed by atoms with E-state index < -0.39 is 29.1 Å². The fraction of sp³-hybridized carbons (Fsp3) is 0.571. The molecule has 1 amide bonds. The summed E-state index contributed by atoms with van der Waals surface area (Å²) in [6.07, 6.45) is -1.48. The van der Waals surface area contributed by atoms with Crippen LogP contribution in [-0.4, -0.2) is 48.4 Å². The quantitative estimate of drug-likeness (QED) is 0.187. The van der Waals surface area contributed by atoms with Gasteiger partial charge in [0.2, 0.25) is 0 Å². The average molecular weight is 616 g/mol. The number of carbonyl (C=O) groups excluding carboxylic acids is 3. The van der Waals surface area contributed by atoms with Crippen molar-refractivity contribution in [1.82, 2.24) is 5.32 Å². The number of benzene rings is 2. The van der Waals surface area contributed by atoms with Gasteiger partial charge in [-0.2, -0.15) is 0 Å². The van der Waals surface area contributed by atoms with Crippen molar-refractivity contribution in [2.75, 3.05) is 13.2 Å². The van der Waals surface area contributed by atoms with Crippen molar-refractivity contribution in [3.63, 3.8) is 0 Å².